The highest BCUT2D eigenvalue weighted by molar-refractivity contribution is 7.92. The summed E-state index contributed by atoms with van der Waals surface area (Å²) in [4.78, 5) is 9.38. The Bertz CT molecular complexity index is 1790. The van der Waals surface area contributed by atoms with Gasteiger partial charge in [-0.15, -0.1) is 0 Å². The van der Waals surface area contributed by atoms with Gasteiger partial charge in [0.15, 0.2) is 0 Å². The van der Waals surface area contributed by atoms with Crippen molar-refractivity contribution in [3.05, 3.63) is 102 Å². The fraction of sp³-hybridized carbons (Fsp3) is 0.133. The second-order valence-electron chi connectivity index (χ2n) is 9.44. The van der Waals surface area contributed by atoms with Crippen molar-refractivity contribution >= 4 is 49.6 Å². The maximum Gasteiger partial charge on any atom is 0.262 e. The monoisotopic (exact) mass is 537 g/mol. The smallest absolute Gasteiger partial charge is 0.262 e. The molecule has 0 saturated carbocycles. The number of hydrogen-bond donors (Lipinski definition) is 3. The normalized spacial score (nSPS) is 12.4. The van der Waals surface area contributed by atoms with Gasteiger partial charge in [0, 0.05) is 28.8 Å². The SMILES string of the molecule is COc1ccc(Nc2cc(C)nc(Nc3ccc(NS(=O)(=O)c4ccc5cccc6c5c4CC6)cc3)n2)cc1. The average molecular weight is 538 g/mol. The Morgan fingerprint density at radius 2 is 1.51 bits per heavy atom. The quantitative estimate of drug-likeness (QED) is 0.212. The van der Waals surface area contributed by atoms with Crippen molar-refractivity contribution in [1.29, 1.82) is 0 Å². The average Bonchev–Trinajstić information content (AvgIpc) is 3.35. The van der Waals surface area contributed by atoms with Gasteiger partial charge in [-0.25, -0.2) is 13.4 Å². The minimum Gasteiger partial charge on any atom is -0.497 e. The van der Waals surface area contributed by atoms with E-state index < -0.39 is 10.0 Å². The van der Waals surface area contributed by atoms with Crippen LogP contribution in [0.2, 0.25) is 0 Å². The highest BCUT2D eigenvalue weighted by Gasteiger charge is 2.25. The van der Waals surface area contributed by atoms with Gasteiger partial charge in [-0.1, -0.05) is 24.3 Å². The van der Waals surface area contributed by atoms with Gasteiger partial charge in [0.2, 0.25) is 5.95 Å². The van der Waals surface area contributed by atoms with Crippen molar-refractivity contribution in [2.45, 2.75) is 24.7 Å². The lowest BCUT2D eigenvalue weighted by Gasteiger charge is -2.13. The first-order valence-corrected chi connectivity index (χ1v) is 14.1. The number of aromatic nitrogens is 2. The summed E-state index contributed by atoms with van der Waals surface area (Å²) in [6.45, 7) is 1.89. The predicted octanol–water partition coefficient (Wildman–Crippen LogP) is 6.33. The van der Waals surface area contributed by atoms with Crippen molar-refractivity contribution < 1.29 is 13.2 Å². The molecule has 1 aromatic heterocycles. The van der Waals surface area contributed by atoms with Crippen LogP contribution in [-0.4, -0.2) is 25.5 Å². The molecule has 0 bridgehead atoms. The van der Waals surface area contributed by atoms with Gasteiger partial charge >= 0.3 is 0 Å². The summed E-state index contributed by atoms with van der Waals surface area (Å²) in [5.74, 6) is 1.85. The van der Waals surface area contributed by atoms with Crippen LogP contribution in [0, 0.1) is 6.92 Å². The van der Waals surface area contributed by atoms with Crippen molar-refractivity contribution in [3.8, 4) is 5.75 Å². The van der Waals surface area contributed by atoms with Crippen LogP contribution < -0.4 is 20.1 Å². The Balaban J connectivity index is 1.17. The van der Waals surface area contributed by atoms with E-state index in [0.29, 0.717) is 22.3 Å². The molecular formula is C30H27N5O3S. The largest absolute Gasteiger partial charge is 0.497 e. The minimum absolute atomic E-state index is 0.340. The Hall–Kier alpha value is -4.63. The van der Waals surface area contributed by atoms with Gasteiger partial charge in [-0.2, -0.15) is 4.98 Å². The molecule has 0 fully saturated rings. The molecule has 6 rings (SSSR count). The number of benzene rings is 4. The summed E-state index contributed by atoms with van der Waals surface area (Å²) >= 11 is 0. The molecule has 196 valence electrons. The zero-order chi connectivity index (χ0) is 27.0. The highest BCUT2D eigenvalue weighted by atomic mass is 32.2. The molecule has 1 aliphatic carbocycles. The molecule has 4 aromatic carbocycles. The standard InChI is InChI=1S/C30H27N5O3S/c1-19-18-28(32-22-12-14-25(38-2)15-13-22)34-30(31-19)33-23-8-10-24(11-9-23)35-39(36,37)27-17-7-21-5-3-4-20-6-16-26(27)29(20)21/h3-5,7-15,17-18,35H,6,16H2,1-2H3,(H2,31,32,33,34). The van der Waals surface area contributed by atoms with Crippen LogP contribution >= 0.6 is 0 Å². The molecule has 3 N–H and O–H groups in total. The molecule has 0 saturated heterocycles. The van der Waals surface area contributed by atoms with Gasteiger partial charge in [0.1, 0.15) is 11.6 Å². The molecule has 9 heteroatoms. The topological polar surface area (TPSA) is 105 Å². The van der Waals surface area contributed by atoms with Crippen molar-refractivity contribution in [2.75, 3.05) is 22.5 Å². The molecule has 1 heterocycles. The van der Waals surface area contributed by atoms with E-state index in [-0.39, 0.29) is 0 Å². The van der Waals surface area contributed by atoms with E-state index in [1.54, 1.807) is 37.4 Å². The lowest BCUT2D eigenvalue weighted by atomic mass is 10.1. The van der Waals surface area contributed by atoms with Crippen LogP contribution in [0.25, 0.3) is 10.8 Å². The number of anilines is 5. The number of rotatable bonds is 8. The zero-order valence-electron chi connectivity index (χ0n) is 21.5. The van der Waals surface area contributed by atoms with Gasteiger partial charge in [-0.3, -0.25) is 4.72 Å². The molecule has 8 nitrogen and oxygen atoms in total. The van der Waals surface area contributed by atoms with E-state index in [1.165, 1.54) is 5.56 Å². The van der Waals surface area contributed by atoms with Crippen LogP contribution in [0.1, 0.15) is 16.8 Å². The number of ether oxygens (including phenoxy) is 1. The molecular weight excluding hydrogens is 510 g/mol. The molecule has 0 radical (unpaired) electrons. The predicted molar refractivity (Wildman–Crippen MR) is 155 cm³/mol. The number of hydrogen-bond acceptors (Lipinski definition) is 7. The van der Waals surface area contributed by atoms with Gasteiger partial charge in [-0.05, 0) is 96.3 Å². The molecule has 39 heavy (non-hydrogen) atoms. The van der Waals surface area contributed by atoms with Crippen LogP contribution in [0.4, 0.5) is 28.8 Å². The summed E-state index contributed by atoms with van der Waals surface area (Å²) < 4.78 is 34.6. The number of sulfonamides is 1. The lowest BCUT2D eigenvalue weighted by molar-refractivity contribution is 0.415. The Morgan fingerprint density at radius 1 is 0.795 bits per heavy atom. The maximum absolute atomic E-state index is 13.3. The number of aryl methyl sites for hydroxylation is 3. The number of nitrogens with zero attached hydrogens (tertiary/aromatic N) is 2. The Labute approximate surface area is 227 Å². The summed E-state index contributed by atoms with van der Waals surface area (Å²) in [7, 11) is -2.11. The number of methoxy groups -OCH3 is 1. The van der Waals surface area contributed by atoms with Crippen LogP contribution in [0.3, 0.4) is 0 Å². The Kier molecular flexibility index (Phi) is 6.28. The summed E-state index contributed by atoms with van der Waals surface area (Å²) in [6, 6.07) is 26.2. The molecule has 0 amide bonds. The first-order valence-electron chi connectivity index (χ1n) is 12.6. The van der Waals surface area contributed by atoms with Gasteiger partial charge in [0.05, 0.1) is 12.0 Å². The second-order valence-corrected chi connectivity index (χ2v) is 11.1. The highest BCUT2D eigenvalue weighted by Crippen LogP contribution is 2.35. The van der Waals surface area contributed by atoms with Crippen molar-refractivity contribution in [2.24, 2.45) is 0 Å². The summed E-state index contributed by atoms with van der Waals surface area (Å²) in [5.41, 5.74) is 4.97. The van der Waals surface area contributed by atoms with Crippen molar-refractivity contribution in [3.63, 3.8) is 0 Å². The molecule has 5 aromatic rings. The third kappa shape index (κ3) is 5.08. The van der Waals surface area contributed by atoms with E-state index in [9.17, 15) is 8.42 Å². The van der Waals surface area contributed by atoms with Crippen LogP contribution in [0.5, 0.6) is 5.75 Å². The first kappa shape index (κ1) is 24.7. The maximum atomic E-state index is 13.3. The first-order chi connectivity index (χ1) is 18.9. The molecule has 0 aliphatic heterocycles. The van der Waals surface area contributed by atoms with E-state index in [0.717, 1.165) is 52.0 Å². The summed E-state index contributed by atoms with van der Waals surface area (Å²) in [6.07, 6.45) is 1.58. The third-order valence-corrected chi connectivity index (χ3v) is 8.21. The van der Waals surface area contributed by atoms with E-state index in [1.807, 2.05) is 55.5 Å². The van der Waals surface area contributed by atoms with Crippen LogP contribution in [0.15, 0.2) is 89.8 Å². The van der Waals surface area contributed by atoms with Gasteiger partial charge in [0.25, 0.3) is 10.0 Å². The molecule has 1 aliphatic rings. The second kappa shape index (κ2) is 9.92. The van der Waals surface area contributed by atoms with Crippen molar-refractivity contribution in [1.82, 2.24) is 9.97 Å². The Morgan fingerprint density at radius 3 is 2.28 bits per heavy atom. The third-order valence-electron chi connectivity index (χ3n) is 6.74. The summed E-state index contributed by atoms with van der Waals surface area (Å²) in [5, 5.41) is 8.62. The fourth-order valence-corrected chi connectivity index (χ4v) is 6.29. The minimum atomic E-state index is -3.74. The van der Waals surface area contributed by atoms with E-state index >= 15 is 0 Å². The zero-order valence-corrected chi connectivity index (χ0v) is 22.3. The molecule has 0 atom stereocenters. The lowest BCUT2D eigenvalue weighted by Crippen LogP contribution is -2.14. The van der Waals surface area contributed by atoms with Gasteiger partial charge < -0.3 is 15.4 Å². The number of nitrogens with one attached hydrogen (secondary N) is 3. The fourth-order valence-electron chi connectivity index (χ4n) is 4.96. The molecule has 0 unspecified atom stereocenters. The molecule has 0 spiro atoms. The van der Waals surface area contributed by atoms with E-state index in [2.05, 4.69) is 31.4 Å². The van der Waals surface area contributed by atoms with E-state index in [4.69, 9.17) is 4.74 Å². The van der Waals surface area contributed by atoms with Crippen LogP contribution in [-0.2, 0) is 22.9 Å².